The fraction of sp³-hybridized carbons (Fsp3) is 0.550. The van der Waals surface area contributed by atoms with Crippen molar-refractivity contribution in [1.82, 2.24) is 5.32 Å². The third kappa shape index (κ3) is 4.42. The summed E-state index contributed by atoms with van der Waals surface area (Å²) in [5, 5.41) is 14.9. The van der Waals surface area contributed by atoms with E-state index >= 15 is 0 Å². The fourth-order valence-electron chi connectivity index (χ4n) is 4.17. The van der Waals surface area contributed by atoms with Crippen LogP contribution in [0.15, 0.2) is 17.1 Å². The molecule has 1 aromatic carbocycles. The van der Waals surface area contributed by atoms with Crippen LogP contribution in [-0.2, 0) is 11.0 Å². The van der Waals surface area contributed by atoms with Gasteiger partial charge in [-0.25, -0.2) is 0 Å². The summed E-state index contributed by atoms with van der Waals surface area (Å²) < 4.78 is 41.4. The van der Waals surface area contributed by atoms with Crippen molar-refractivity contribution in [1.29, 1.82) is 5.26 Å². The molecule has 6 nitrogen and oxygen atoms in total. The monoisotopic (exact) mass is 437 g/mol. The maximum Gasteiger partial charge on any atom is 0.418 e. The van der Waals surface area contributed by atoms with Crippen molar-refractivity contribution in [3.8, 4) is 6.07 Å². The Morgan fingerprint density at radius 1 is 1.27 bits per heavy atom. The minimum Gasteiger partial charge on any atom is -0.369 e. The number of alkyl halides is 3. The molecule has 4 rings (SSSR count). The second kappa shape index (κ2) is 8.47. The number of nitrogens with one attached hydrogen (secondary N) is 2. The molecule has 2 atom stereocenters. The molecule has 2 fully saturated rings. The number of nitrogens with zero attached hydrogens (tertiary/aromatic N) is 3. The van der Waals surface area contributed by atoms with E-state index in [1.165, 1.54) is 6.07 Å². The summed E-state index contributed by atoms with van der Waals surface area (Å²) in [4.78, 5) is 18.8. The molecule has 1 aromatic rings. The van der Waals surface area contributed by atoms with Gasteiger partial charge in [0.2, 0.25) is 5.91 Å². The van der Waals surface area contributed by atoms with E-state index in [1.807, 2.05) is 0 Å². The number of halogens is 3. The molecule has 0 aromatic heterocycles. The zero-order chi connectivity index (χ0) is 21.3. The number of piperidine rings is 1. The first-order chi connectivity index (χ1) is 14.3. The van der Waals surface area contributed by atoms with Gasteiger partial charge in [0.05, 0.1) is 41.2 Å². The lowest BCUT2D eigenvalue weighted by atomic mass is 9.87. The van der Waals surface area contributed by atoms with Crippen LogP contribution in [0.2, 0.25) is 0 Å². The van der Waals surface area contributed by atoms with Crippen LogP contribution in [0, 0.1) is 17.2 Å². The SMILES string of the molecule is N#CC1CC(C2=Nc3cc(N4CCSCC4)c(C(F)(F)F)cc3NC(=O)C2)CCN1. The maximum atomic E-state index is 13.8. The summed E-state index contributed by atoms with van der Waals surface area (Å²) in [6, 6.07) is 4.35. The fourth-order valence-corrected chi connectivity index (χ4v) is 5.07. The predicted octanol–water partition coefficient (Wildman–Crippen LogP) is 3.57. The number of rotatable bonds is 2. The van der Waals surface area contributed by atoms with Gasteiger partial charge in [-0.3, -0.25) is 9.79 Å². The average Bonchev–Trinajstić information content (AvgIpc) is 2.90. The van der Waals surface area contributed by atoms with E-state index in [0.717, 1.165) is 24.0 Å². The third-order valence-corrected chi connectivity index (χ3v) is 6.62. The van der Waals surface area contributed by atoms with E-state index in [4.69, 9.17) is 0 Å². The number of amides is 1. The van der Waals surface area contributed by atoms with Gasteiger partial charge in [-0.15, -0.1) is 0 Å². The van der Waals surface area contributed by atoms with Gasteiger partial charge in [0, 0.05) is 36.2 Å². The molecule has 10 heteroatoms. The molecule has 0 radical (unpaired) electrons. The zero-order valence-electron chi connectivity index (χ0n) is 16.3. The topological polar surface area (TPSA) is 80.5 Å². The molecule has 160 valence electrons. The number of fused-ring (bicyclic) bond motifs is 1. The summed E-state index contributed by atoms with van der Waals surface area (Å²) in [5.41, 5.74) is 0.430. The van der Waals surface area contributed by atoms with Crippen molar-refractivity contribution in [3.05, 3.63) is 17.7 Å². The summed E-state index contributed by atoms with van der Waals surface area (Å²) in [6.45, 7) is 1.71. The Kier molecular flexibility index (Phi) is 5.93. The summed E-state index contributed by atoms with van der Waals surface area (Å²) in [5.74, 6) is 1.11. The molecule has 3 aliphatic rings. The van der Waals surface area contributed by atoms with E-state index in [-0.39, 0.29) is 35.7 Å². The number of benzene rings is 1. The average molecular weight is 437 g/mol. The number of thioether (sulfide) groups is 1. The second-order valence-corrected chi connectivity index (χ2v) is 8.89. The molecule has 0 saturated carbocycles. The number of carbonyl (C=O) groups is 1. The van der Waals surface area contributed by atoms with E-state index in [1.54, 1.807) is 16.7 Å². The third-order valence-electron chi connectivity index (χ3n) is 5.68. The van der Waals surface area contributed by atoms with Crippen LogP contribution in [0.3, 0.4) is 0 Å². The van der Waals surface area contributed by atoms with E-state index in [2.05, 4.69) is 21.7 Å². The Morgan fingerprint density at radius 2 is 2.03 bits per heavy atom. The lowest BCUT2D eigenvalue weighted by Gasteiger charge is -2.31. The number of hydrogen-bond donors (Lipinski definition) is 2. The van der Waals surface area contributed by atoms with Crippen molar-refractivity contribution >= 4 is 40.4 Å². The number of hydrogen-bond acceptors (Lipinski definition) is 6. The Morgan fingerprint density at radius 3 is 2.73 bits per heavy atom. The van der Waals surface area contributed by atoms with Crippen molar-refractivity contribution in [3.63, 3.8) is 0 Å². The van der Waals surface area contributed by atoms with Crippen molar-refractivity contribution < 1.29 is 18.0 Å². The number of anilines is 2. The van der Waals surface area contributed by atoms with Crippen LogP contribution in [0.1, 0.15) is 24.8 Å². The second-order valence-electron chi connectivity index (χ2n) is 7.67. The van der Waals surface area contributed by atoms with Gasteiger partial charge in [-0.05, 0) is 31.5 Å². The van der Waals surface area contributed by atoms with Crippen LogP contribution in [0.25, 0.3) is 0 Å². The summed E-state index contributed by atoms with van der Waals surface area (Å²) in [7, 11) is 0. The van der Waals surface area contributed by atoms with Crippen LogP contribution in [-0.4, -0.2) is 48.8 Å². The van der Waals surface area contributed by atoms with Crippen LogP contribution >= 0.6 is 11.8 Å². The highest BCUT2D eigenvalue weighted by molar-refractivity contribution is 7.99. The molecule has 30 heavy (non-hydrogen) atoms. The minimum atomic E-state index is -4.53. The number of carbonyl (C=O) groups excluding carboxylic acids is 1. The molecule has 3 heterocycles. The molecule has 0 aliphatic carbocycles. The first kappa shape index (κ1) is 21.0. The highest BCUT2D eigenvalue weighted by Gasteiger charge is 2.37. The molecule has 2 saturated heterocycles. The quantitative estimate of drug-likeness (QED) is 0.740. The molecule has 2 N–H and O–H groups in total. The zero-order valence-corrected chi connectivity index (χ0v) is 17.1. The highest BCUT2D eigenvalue weighted by atomic mass is 32.2. The standard InChI is InChI=1S/C20H22F3N5OS/c21-20(22,23)14-8-16-17(9-18(14)28-3-5-30-6-4-28)26-15(10-19(29)27-16)12-1-2-25-13(7-12)11-24/h8-9,12-13,25H,1-7,10H2,(H,27,29). The van der Waals surface area contributed by atoms with Gasteiger partial charge >= 0.3 is 6.18 Å². The van der Waals surface area contributed by atoms with Gasteiger partial charge in [0.1, 0.15) is 0 Å². The van der Waals surface area contributed by atoms with Crippen LogP contribution in [0.4, 0.5) is 30.2 Å². The van der Waals surface area contributed by atoms with Gasteiger partial charge < -0.3 is 15.5 Å². The highest BCUT2D eigenvalue weighted by Crippen LogP contribution is 2.44. The summed E-state index contributed by atoms with van der Waals surface area (Å²) >= 11 is 1.72. The largest absolute Gasteiger partial charge is 0.418 e. The Balaban J connectivity index is 1.76. The van der Waals surface area contributed by atoms with Crippen LogP contribution in [0.5, 0.6) is 0 Å². The number of nitriles is 1. The normalized spacial score (nSPS) is 24.9. The predicted molar refractivity (Wildman–Crippen MR) is 111 cm³/mol. The molecular formula is C20H22F3N5OS. The first-order valence-electron chi connectivity index (χ1n) is 9.93. The van der Waals surface area contributed by atoms with E-state index < -0.39 is 11.7 Å². The molecule has 2 unspecified atom stereocenters. The molecular weight excluding hydrogens is 415 g/mol. The van der Waals surface area contributed by atoms with Crippen molar-refractivity contribution in [2.75, 3.05) is 41.4 Å². The maximum absolute atomic E-state index is 13.8. The van der Waals surface area contributed by atoms with Crippen LogP contribution < -0.4 is 15.5 Å². The van der Waals surface area contributed by atoms with Gasteiger partial charge in [0.15, 0.2) is 0 Å². The summed E-state index contributed by atoms with van der Waals surface area (Å²) in [6.07, 6.45) is -3.24. The Hall–Kier alpha value is -2.25. The van der Waals surface area contributed by atoms with Gasteiger partial charge in [-0.1, -0.05) is 0 Å². The lowest BCUT2D eigenvalue weighted by molar-refractivity contribution is -0.137. The Labute approximate surface area is 176 Å². The van der Waals surface area contributed by atoms with Crippen molar-refractivity contribution in [2.24, 2.45) is 10.9 Å². The minimum absolute atomic E-state index is 0.0224. The van der Waals surface area contributed by atoms with E-state index in [9.17, 15) is 23.2 Å². The molecule has 3 aliphatic heterocycles. The first-order valence-corrected chi connectivity index (χ1v) is 11.1. The molecule has 0 spiro atoms. The number of aliphatic imine (C=N–C) groups is 1. The molecule has 1 amide bonds. The van der Waals surface area contributed by atoms with Crippen molar-refractivity contribution in [2.45, 2.75) is 31.5 Å². The lowest BCUT2D eigenvalue weighted by Crippen LogP contribution is -2.40. The van der Waals surface area contributed by atoms with Gasteiger partial charge in [0.25, 0.3) is 0 Å². The van der Waals surface area contributed by atoms with Gasteiger partial charge in [-0.2, -0.15) is 30.2 Å². The van der Waals surface area contributed by atoms with E-state index in [0.29, 0.717) is 37.5 Å². The molecule has 0 bridgehead atoms. The smallest absolute Gasteiger partial charge is 0.369 e. The Bertz CT molecular complexity index is 905.